The summed E-state index contributed by atoms with van der Waals surface area (Å²) < 4.78 is 12.4. The van der Waals surface area contributed by atoms with Crippen LogP contribution in [0.15, 0.2) is 12.3 Å². The van der Waals surface area contributed by atoms with Crippen LogP contribution in [0.4, 0.5) is 0 Å². The molecule has 3 heterocycles. The molecular formula is C20H29N5O3. The summed E-state index contributed by atoms with van der Waals surface area (Å²) in [7, 11) is 3.51. The molecule has 28 heavy (non-hydrogen) atoms. The standard InChI is InChI=1S/C20H29N5O3/c1-14-11-18(23-24(14)3)20(26)25-7-5-16(6-8-25)19-17(12-21-15(2)22-19)13-28-10-9-27-4/h11-12,16H,5-10,13H2,1-4H3. The van der Waals surface area contributed by atoms with E-state index in [-0.39, 0.29) is 5.91 Å². The number of carbonyl (C=O) groups is 1. The van der Waals surface area contributed by atoms with Crippen molar-refractivity contribution in [2.75, 3.05) is 33.4 Å². The minimum absolute atomic E-state index is 0.00383. The first kappa shape index (κ1) is 20.4. The molecule has 0 bridgehead atoms. The molecule has 0 atom stereocenters. The molecule has 3 rings (SSSR count). The maximum Gasteiger partial charge on any atom is 0.274 e. The Hall–Kier alpha value is -2.32. The van der Waals surface area contributed by atoms with Gasteiger partial charge in [0, 0.05) is 50.6 Å². The molecule has 0 unspecified atom stereocenters. The Morgan fingerprint density at radius 1 is 1.25 bits per heavy atom. The molecule has 8 heteroatoms. The topological polar surface area (TPSA) is 82.4 Å². The van der Waals surface area contributed by atoms with Crippen LogP contribution in [0, 0.1) is 13.8 Å². The number of likely N-dealkylation sites (tertiary alicyclic amines) is 1. The summed E-state index contributed by atoms with van der Waals surface area (Å²) in [5.41, 5.74) is 3.56. The van der Waals surface area contributed by atoms with Crippen LogP contribution in [-0.2, 0) is 23.1 Å². The largest absolute Gasteiger partial charge is 0.382 e. The minimum atomic E-state index is 0.00383. The summed E-state index contributed by atoms with van der Waals surface area (Å²) in [5.74, 6) is 1.07. The second-order valence-corrected chi connectivity index (χ2v) is 7.23. The number of aromatic nitrogens is 4. The van der Waals surface area contributed by atoms with Gasteiger partial charge in [0.25, 0.3) is 5.91 Å². The summed E-state index contributed by atoms with van der Waals surface area (Å²) in [6.07, 6.45) is 3.61. The van der Waals surface area contributed by atoms with E-state index >= 15 is 0 Å². The fourth-order valence-corrected chi connectivity index (χ4v) is 3.48. The Labute approximate surface area is 165 Å². The molecule has 0 radical (unpaired) electrons. The molecule has 0 aromatic carbocycles. The molecule has 0 N–H and O–H groups in total. The van der Waals surface area contributed by atoms with Crippen molar-refractivity contribution >= 4 is 5.91 Å². The number of ether oxygens (including phenoxy) is 2. The molecule has 0 aliphatic carbocycles. The zero-order valence-electron chi connectivity index (χ0n) is 17.1. The van der Waals surface area contributed by atoms with E-state index in [9.17, 15) is 4.79 Å². The lowest BCUT2D eigenvalue weighted by Crippen LogP contribution is -2.38. The van der Waals surface area contributed by atoms with Crippen molar-refractivity contribution in [1.29, 1.82) is 0 Å². The van der Waals surface area contributed by atoms with E-state index in [0.29, 0.717) is 44.5 Å². The monoisotopic (exact) mass is 387 g/mol. The quantitative estimate of drug-likeness (QED) is 0.676. The van der Waals surface area contributed by atoms with Crippen molar-refractivity contribution in [3.05, 3.63) is 40.7 Å². The number of methoxy groups -OCH3 is 1. The molecule has 0 saturated carbocycles. The van der Waals surface area contributed by atoms with Gasteiger partial charge in [0.2, 0.25) is 0 Å². The van der Waals surface area contributed by atoms with E-state index in [1.807, 2.05) is 38.1 Å². The van der Waals surface area contributed by atoms with Crippen LogP contribution in [0.5, 0.6) is 0 Å². The van der Waals surface area contributed by atoms with Crippen molar-refractivity contribution < 1.29 is 14.3 Å². The van der Waals surface area contributed by atoms with Crippen LogP contribution >= 0.6 is 0 Å². The smallest absolute Gasteiger partial charge is 0.274 e. The number of piperidine rings is 1. The van der Waals surface area contributed by atoms with Gasteiger partial charge >= 0.3 is 0 Å². The fraction of sp³-hybridized carbons (Fsp3) is 0.600. The van der Waals surface area contributed by atoms with Gasteiger partial charge in [-0.3, -0.25) is 9.48 Å². The summed E-state index contributed by atoms with van der Waals surface area (Å²) >= 11 is 0. The number of rotatable bonds is 7. The number of hydrogen-bond donors (Lipinski definition) is 0. The molecule has 2 aromatic heterocycles. The van der Waals surface area contributed by atoms with Crippen LogP contribution in [-0.4, -0.2) is 64.0 Å². The normalized spacial score (nSPS) is 15.2. The molecule has 1 fully saturated rings. The predicted molar refractivity (Wildman–Crippen MR) is 104 cm³/mol. The zero-order chi connectivity index (χ0) is 20.1. The third-order valence-electron chi connectivity index (χ3n) is 5.21. The number of hydrogen-bond acceptors (Lipinski definition) is 6. The van der Waals surface area contributed by atoms with Gasteiger partial charge in [-0.1, -0.05) is 0 Å². The first-order valence-corrected chi connectivity index (χ1v) is 9.68. The average molecular weight is 387 g/mol. The Morgan fingerprint density at radius 2 is 2.00 bits per heavy atom. The average Bonchev–Trinajstić information content (AvgIpc) is 3.04. The lowest BCUT2D eigenvalue weighted by molar-refractivity contribution is 0.0604. The van der Waals surface area contributed by atoms with Crippen LogP contribution in [0.1, 0.15) is 52.0 Å². The van der Waals surface area contributed by atoms with Crippen LogP contribution < -0.4 is 0 Å². The highest BCUT2D eigenvalue weighted by molar-refractivity contribution is 5.92. The minimum Gasteiger partial charge on any atom is -0.382 e. The summed E-state index contributed by atoms with van der Waals surface area (Å²) in [5, 5.41) is 4.32. The molecule has 8 nitrogen and oxygen atoms in total. The third kappa shape index (κ3) is 4.74. The first-order chi connectivity index (χ1) is 13.5. The van der Waals surface area contributed by atoms with Gasteiger partial charge in [0.05, 0.1) is 25.5 Å². The van der Waals surface area contributed by atoms with Gasteiger partial charge in [0.15, 0.2) is 5.69 Å². The molecule has 2 aromatic rings. The van der Waals surface area contributed by atoms with Crippen molar-refractivity contribution in [3.63, 3.8) is 0 Å². The Morgan fingerprint density at radius 3 is 2.64 bits per heavy atom. The molecule has 152 valence electrons. The maximum atomic E-state index is 12.7. The second-order valence-electron chi connectivity index (χ2n) is 7.23. The first-order valence-electron chi connectivity index (χ1n) is 9.68. The van der Waals surface area contributed by atoms with Crippen LogP contribution in [0.2, 0.25) is 0 Å². The highest BCUT2D eigenvalue weighted by Crippen LogP contribution is 2.30. The van der Waals surface area contributed by atoms with E-state index in [1.165, 1.54) is 0 Å². The van der Waals surface area contributed by atoms with Gasteiger partial charge in [-0.25, -0.2) is 9.97 Å². The maximum absolute atomic E-state index is 12.7. The van der Waals surface area contributed by atoms with Gasteiger partial charge in [0.1, 0.15) is 5.82 Å². The van der Waals surface area contributed by atoms with Crippen molar-refractivity contribution in [3.8, 4) is 0 Å². The lowest BCUT2D eigenvalue weighted by Gasteiger charge is -2.32. The van der Waals surface area contributed by atoms with Gasteiger partial charge in [-0.05, 0) is 32.8 Å². The Bertz CT molecular complexity index is 793. The summed E-state index contributed by atoms with van der Waals surface area (Å²) in [4.78, 5) is 23.6. The van der Waals surface area contributed by atoms with Crippen molar-refractivity contribution in [2.45, 2.75) is 39.2 Å². The van der Waals surface area contributed by atoms with E-state index in [0.717, 1.165) is 35.6 Å². The number of amides is 1. The Balaban J connectivity index is 1.64. The van der Waals surface area contributed by atoms with E-state index < -0.39 is 0 Å². The number of carbonyl (C=O) groups excluding carboxylic acids is 1. The van der Waals surface area contributed by atoms with Crippen LogP contribution in [0.3, 0.4) is 0 Å². The molecule has 1 saturated heterocycles. The molecular weight excluding hydrogens is 358 g/mol. The lowest BCUT2D eigenvalue weighted by atomic mass is 9.90. The van der Waals surface area contributed by atoms with E-state index in [4.69, 9.17) is 14.5 Å². The van der Waals surface area contributed by atoms with E-state index in [1.54, 1.807) is 11.8 Å². The predicted octanol–water partition coefficient (Wildman–Crippen LogP) is 2.01. The van der Waals surface area contributed by atoms with Crippen molar-refractivity contribution in [1.82, 2.24) is 24.6 Å². The van der Waals surface area contributed by atoms with Crippen molar-refractivity contribution in [2.24, 2.45) is 7.05 Å². The SMILES string of the molecule is COCCOCc1cnc(C)nc1C1CCN(C(=O)c2cc(C)n(C)n2)CC1. The number of nitrogens with zero attached hydrogens (tertiary/aromatic N) is 5. The van der Waals surface area contributed by atoms with Crippen LogP contribution in [0.25, 0.3) is 0 Å². The molecule has 0 spiro atoms. The number of aryl methyl sites for hydroxylation is 3. The summed E-state index contributed by atoms with van der Waals surface area (Å²) in [6, 6.07) is 1.84. The third-order valence-corrected chi connectivity index (χ3v) is 5.21. The van der Waals surface area contributed by atoms with Gasteiger partial charge in [-0.15, -0.1) is 0 Å². The van der Waals surface area contributed by atoms with E-state index in [2.05, 4.69) is 10.1 Å². The highest BCUT2D eigenvalue weighted by Gasteiger charge is 2.28. The summed E-state index contributed by atoms with van der Waals surface area (Å²) in [6.45, 7) is 6.84. The van der Waals surface area contributed by atoms with Gasteiger partial charge in [-0.2, -0.15) is 5.10 Å². The van der Waals surface area contributed by atoms with Gasteiger partial charge < -0.3 is 14.4 Å². The fourth-order valence-electron chi connectivity index (χ4n) is 3.48. The second kappa shape index (κ2) is 9.25. The molecule has 1 aliphatic rings. The highest BCUT2D eigenvalue weighted by atomic mass is 16.5. The molecule has 1 aliphatic heterocycles. The Kier molecular flexibility index (Phi) is 6.74. The zero-order valence-corrected chi connectivity index (χ0v) is 17.1. The molecule has 1 amide bonds.